The van der Waals surface area contributed by atoms with Gasteiger partial charge in [0.15, 0.2) is 0 Å². The zero-order chi connectivity index (χ0) is 13.5. The minimum atomic E-state index is -1.51. The molecule has 0 saturated heterocycles. The van der Waals surface area contributed by atoms with Gasteiger partial charge in [-0.25, -0.2) is 0 Å². The molecule has 0 spiro atoms. The summed E-state index contributed by atoms with van der Waals surface area (Å²) >= 11 is -1.51. The van der Waals surface area contributed by atoms with Gasteiger partial charge >= 0.3 is 126 Å². The van der Waals surface area contributed by atoms with Crippen LogP contribution in [0.2, 0.25) is 0 Å². The van der Waals surface area contributed by atoms with Crippen molar-refractivity contribution in [2.24, 2.45) is 0 Å². The van der Waals surface area contributed by atoms with Gasteiger partial charge in [-0.3, -0.25) is 0 Å². The van der Waals surface area contributed by atoms with E-state index in [9.17, 15) is 0 Å². The van der Waals surface area contributed by atoms with E-state index >= 15 is 0 Å². The third-order valence-electron chi connectivity index (χ3n) is 4.40. The molecule has 0 heterocycles. The molecule has 96 valence electrons. The van der Waals surface area contributed by atoms with Crippen LogP contribution in [-0.2, 0) is 17.4 Å². The Hall–Kier alpha value is -1.50. The Labute approximate surface area is 125 Å². The molecular weight excluding hydrogens is 276 g/mol. The predicted octanol–water partition coefficient (Wildman–Crippen LogP) is 4.57. The summed E-state index contributed by atoms with van der Waals surface area (Å²) in [7, 11) is 0. The minimum absolute atomic E-state index is 0.590. The molecule has 2 aliphatic carbocycles. The molecule has 0 bridgehead atoms. The summed E-state index contributed by atoms with van der Waals surface area (Å²) in [5, 5.41) is 0. The predicted molar refractivity (Wildman–Crippen MR) is 83.6 cm³/mol. The van der Waals surface area contributed by atoms with Gasteiger partial charge in [0.2, 0.25) is 0 Å². The molecular formula is C19H16Ti. The van der Waals surface area contributed by atoms with Crippen molar-refractivity contribution in [3.63, 3.8) is 0 Å². The first-order valence-electron chi connectivity index (χ1n) is 7.07. The van der Waals surface area contributed by atoms with E-state index in [0.717, 1.165) is 0 Å². The molecule has 0 saturated carbocycles. The first kappa shape index (κ1) is 12.3. The Morgan fingerprint density at radius 3 is 1.65 bits per heavy atom. The Morgan fingerprint density at radius 2 is 1.15 bits per heavy atom. The summed E-state index contributed by atoms with van der Waals surface area (Å²) in [6.45, 7) is 0. The van der Waals surface area contributed by atoms with Crippen LogP contribution in [0.1, 0.15) is 30.7 Å². The van der Waals surface area contributed by atoms with E-state index in [-0.39, 0.29) is 0 Å². The van der Waals surface area contributed by atoms with Crippen molar-refractivity contribution in [2.75, 3.05) is 0 Å². The Morgan fingerprint density at radius 1 is 0.700 bits per heavy atom. The van der Waals surface area contributed by atoms with Crippen LogP contribution in [0.3, 0.4) is 0 Å². The third kappa shape index (κ3) is 1.83. The van der Waals surface area contributed by atoms with Crippen LogP contribution < -0.4 is 0 Å². The van der Waals surface area contributed by atoms with Crippen molar-refractivity contribution in [3.05, 3.63) is 82.9 Å². The van der Waals surface area contributed by atoms with Crippen molar-refractivity contribution < 1.29 is 17.4 Å². The zero-order valence-corrected chi connectivity index (χ0v) is 12.9. The maximum atomic E-state index is 4.66. The molecule has 0 radical (unpaired) electrons. The van der Waals surface area contributed by atoms with E-state index in [1.165, 1.54) is 22.3 Å². The summed E-state index contributed by atoms with van der Waals surface area (Å²) in [4.78, 5) is 4.66. The van der Waals surface area contributed by atoms with E-state index in [4.69, 9.17) is 0 Å². The molecule has 0 nitrogen and oxygen atoms in total. The fourth-order valence-corrected chi connectivity index (χ4v) is 7.08. The molecule has 0 aromatic heterocycles. The quantitative estimate of drug-likeness (QED) is 0.711. The van der Waals surface area contributed by atoms with E-state index < -0.39 is 17.4 Å². The average Bonchev–Trinajstić information content (AvgIpc) is 3.11. The van der Waals surface area contributed by atoms with E-state index in [1.807, 2.05) is 0 Å². The standard InChI is InChI=1S/2C9H7.CH2.Ti/c2*1-2-5-9-7-3-6-8(9)4-1;;/h2*1-7H;1H2;. The van der Waals surface area contributed by atoms with Gasteiger partial charge in [-0.2, -0.15) is 0 Å². The fourth-order valence-electron chi connectivity index (χ4n) is 3.34. The number of fused-ring (bicyclic) bond motifs is 2. The second-order valence-corrected chi connectivity index (χ2v) is 9.24. The van der Waals surface area contributed by atoms with Gasteiger partial charge < -0.3 is 0 Å². The summed E-state index contributed by atoms with van der Waals surface area (Å²) in [5.41, 5.74) is 5.77. The Kier molecular flexibility index (Phi) is 2.94. The molecule has 0 fully saturated rings. The van der Waals surface area contributed by atoms with Gasteiger partial charge in [0.1, 0.15) is 0 Å². The topological polar surface area (TPSA) is 0 Å². The van der Waals surface area contributed by atoms with E-state index in [1.54, 1.807) is 0 Å². The Balaban J connectivity index is 1.71. The van der Waals surface area contributed by atoms with Crippen molar-refractivity contribution in [3.8, 4) is 0 Å². The number of hydrogen-bond acceptors (Lipinski definition) is 0. The molecule has 4 rings (SSSR count). The molecule has 20 heavy (non-hydrogen) atoms. The molecule has 2 atom stereocenters. The van der Waals surface area contributed by atoms with Gasteiger partial charge in [-0.15, -0.1) is 0 Å². The number of rotatable bonds is 2. The van der Waals surface area contributed by atoms with Crippen molar-refractivity contribution in [2.45, 2.75) is 8.45 Å². The normalized spacial score (nSPS) is 21.8. The van der Waals surface area contributed by atoms with Crippen molar-refractivity contribution in [1.29, 1.82) is 0 Å². The van der Waals surface area contributed by atoms with Crippen LogP contribution in [-0.4, -0.2) is 4.82 Å². The zero-order valence-electron chi connectivity index (χ0n) is 11.3. The fraction of sp³-hybridized carbons (Fsp3) is 0.105. The number of hydrogen-bond donors (Lipinski definition) is 0. The van der Waals surface area contributed by atoms with Gasteiger partial charge in [0, 0.05) is 0 Å². The van der Waals surface area contributed by atoms with Crippen molar-refractivity contribution in [1.82, 2.24) is 0 Å². The van der Waals surface area contributed by atoms with Crippen LogP contribution in [0.15, 0.2) is 60.7 Å². The molecule has 2 aliphatic rings. The van der Waals surface area contributed by atoms with E-state index in [2.05, 4.69) is 77.7 Å². The number of allylic oxidation sites excluding steroid dienone is 2. The van der Waals surface area contributed by atoms with Crippen LogP contribution in [0.5, 0.6) is 0 Å². The van der Waals surface area contributed by atoms with Gasteiger partial charge in [0.05, 0.1) is 0 Å². The van der Waals surface area contributed by atoms with Gasteiger partial charge in [-0.05, 0) is 0 Å². The first-order valence-corrected chi connectivity index (χ1v) is 9.98. The van der Waals surface area contributed by atoms with Crippen LogP contribution in [0, 0.1) is 0 Å². The molecule has 0 aliphatic heterocycles. The molecule has 1 heteroatoms. The van der Waals surface area contributed by atoms with E-state index in [0.29, 0.717) is 8.45 Å². The molecule has 2 aromatic carbocycles. The second-order valence-electron chi connectivity index (χ2n) is 5.51. The second kappa shape index (κ2) is 4.80. The molecule has 0 amide bonds. The SMILES string of the molecule is [CH2]=[Ti]([CH]1C=Cc2ccccc21)[CH]1C=Cc2ccccc21. The van der Waals surface area contributed by atoms with Crippen LogP contribution >= 0.6 is 0 Å². The first-order chi connectivity index (χ1) is 9.84. The maximum absolute atomic E-state index is 4.66. The molecule has 2 unspecified atom stereocenters. The number of benzene rings is 2. The summed E-state index contributed by atoms with van der Waals surface area (Å²) in [6.07, 6.45) is 9.34. The third-order valence-corrected chi connectivity index (χ3v) is 8.47. The van der Waals surface area contributed by atoms with Gasteiger partial charge in [0.25, 0.3) is 0 Å². The Bertz CT molecular complexity index is 688. The summed E-state index contributed by atoms with van der Waals surface area (Å²) < 4.78 is 1.18. The molecule has 2 aromatic rings. The van der Waals surface area contributed by atoms with Gasteiger partial charge in [-0.1, -0.05) is 0 Å². The average molecular weight is 292 g/mol. The molecule has 0 N–H and O–H groups in total. The van der Waals surface area contributed by atoms with Crippen LogP contribution in [0.25, 0.3) is 12.2 Å². The summed E-state index contributed by atoms with van der Waals surface area (Å²) in [6, 6.07) is 17.6. The summed E-state index contributed by atoms with van der Waals surface area (Å²) in [5.74, 6) is 0. The van der Waals surface area contributed by atoms with Crippen LogP contribution in [0.4, 0.5) is 0 Å². The van der Waals surface area contributed by atoms with Crippen molar-refractivity contribution >= 4 is 17.0 Å². The monoisotopic (exact) mass is 292 g/mol.